The van der Waals surface area contributed by atoms with Crippen LogP contribution in [0.25, 0.3) is 0 Å². The lowest BCUT2D eigenvalue weighted by molar-refractivity contribution is -0.119. The summed E-state index contributed by atoms with van der Waals surface area (Å²) in [5.74, 6) is 1.66. The molecular formula is C21H28N2O3S. The smallest absolute Gasteiger partial charge is 0.261 e. The van der Waals surface area contributed by atoms with Crippen molar-refractivity contribution in [3.63, 3.8) is 0 Å². The Morgan fingerprint density at radius 1 is 1.11 bits per heavy atom. The second-order valence-corrected chi connectivity index (χ2v) is 8.61. The fourth-order valence-electron chi connectivity index (χ4n) is 3.86. The summed E-state index contributed by atoms with van der Waals surface area (Å²) in [6.07, 6.45) is 6.42. The van der Waals surface area contributed by atoms with Crippen LogP contribution in [0.4, 0.5) is 0 Å². The topological polar surface area (TPSA) is 66.5 Å². The Labute approximate surface area is 165 Å². The molecule has 0 unspecified atom stereocenters. The second-order valence-electron chi connectivity index (χ2n) is 7.50. The highest BCUT2D eigenvalue weighted by Gasteiger charge is 2.34. The van der Waals surface area contributed by atoms with Crippen molar-refractivity contribution in [3.05, 3.63) is 35.4 Å². The monoisotopic (exact) mass is 388 g/mol. The maximum Gasteiger partial charge on any atom is 0.261 e. The van der Waals surface area contributed by atoms with E-state index >= 15 is 0 Å². The highest BCUT2D eigenvalue weighted by molar-refractivity contribution is 7.99. The van der Waals surface area contributed by atoms with Gasteiger partial charge in [-0.05, 0) is 49.5 Å². The standard InChI is InChI=1S/C21H28N2O3S/c1-15-8-2-5-11-18(15)22-19(24)14-27-13-7-6-12-23-20(25)16-9-3-4-10-17(16)21(23)26/h3-4,9-10,15,18H,2,5-8,11-14H2,1H3,(H,22,24)/t15-,18+/m0/s1. The molecule has 0 spiro atoms. The summed E-state index contributed by atoms with van der Waals surface area (Å²) in [5, 5.41) is 3.17. The van der Waals surface area contributed by atoms with E-state index in [2.05, 4.69) is 12.2 Å². The van der Waals surface area contributed by atoms with E-state index in [4.69, 9.17) is 0 Å². The van der Waals surface area contributed by atoms with Crippen LogP contribution in [-0.4, -0.2) is 46.7 Å². The van der Waals surface area contributed by atoms with E-state index in [9.17, 15) is 14.4 Å². The molecule has 1 N–H and O–H groups in total. The predicted octanol–water partition coefficient (Wildman–Crippen LogP) is 3.49. The van der Waals surface area contributed by atoms with E-state index in [0.29, 0.717) is 35.4 Å². The number of fused-ring (bicyclic) bond motifs is 1. The van der Waals surface area contributed by atoms with Crippen molar-refractivity contribution in [2.75, 3.05) is 18.1 Å². The molecule has 0 bridgehead atoms. The summed E-state index contributed by atoms with van der Waals surface area (Å²) in [6, 6.07) is 7.31. The molecule has 3 rings (SSSR count). The number of rotatable bonds is 8. The van der Waals surface area contributed by atoms with Crippen molar-refractivity contribution < 1.29 is 14.4 Å². The Balaban J connectivity index is 1.30. The van der Waals surface area contributed by atoms with Crippen molar-refractivity contribution in [1.29, 1.82) is 0 Å². The molecule has 1 fully saturated rings. The first-order valence-corrected chi connectivity index (χ1v) is 11.1. The first kappa shape index (κ1) is 19.9. The molecular weight excluding hydrogens is 360 g/mol. The largest absolute Gasteiger partial charge is 0.352 e. The summed E-state index contributed by atoms with van der Waals surface area (Å²) < 4.78 is 0. The number of amides is 3. The molecule has 0 saturated heterocycles. The minimum Gasteiger partial charge on any atom is -0.352 e. The third kappa shape index (κ3) is 4.92. The van der Waals surface area contributed by atoms with Gasteiger partial charge in [-0.1, -0.05) is 31.9 Å². The van der Waals surface area contributed by atoms with E-state index in [0.717, 1.165) is 25.0 Å². The molecule has 27 heavy (non-hydrogen) atoms. The molecule has 1 heterocycles. The minimum absolute atomic E-state index is 0.124. The first-order chi connectivity index (χ1) is 13.1. The maximum absolute atomic E-state index is 12.3. The number of nitrogens with one attached hydrogen (secondary N) is 1. The number of thioether (sulfide) groups is 1. The summed E-state index contributed by atoms with van der Waals surface area (Å²) in [6.45, 7) is 2.66. The van der Waals surface area contributed by atoms with E-state index < -0.39 is 0 Å². The van der Waals surface area contributed by atoms with E-state index in [1.165, 1.54) is 24.2 Å². The molecule has 146 valence electrons. The van der Waals surface area contributed by atoms with Gasteiger partial charge in [-0.25, -0.2) is 0 Å². The van der Waals surface area contributed by atoms with Gasteiger partial charge in [0, 0.05) is 12.6 Å². The zero-order chi connectivity index (χ0) is 19.2. The number of carbonyl (C=O) groups is 3. The van der Waals surface area contributed by atoms with E-state index in [1.54, 1.807) is 36.0 Å². The van der Waals surface area contributed by atoms with Gasteiger partial charge in [-0.2, -0.15) is 11.8 Å². The Morgan fingerprint density at radius 2 is 1.78 bits per heavy atom. The number of carbonyl (C=O) groups excluding carboxylic acids is 3. The lowest BCUT2D eigenvalue weighted by Crippen LogP contribution is -2.41. The number of hydrogen-bond acceptors (Lipinski definition) is 4. The predicted molar refractivity (Wildman–Crippen MR) is 108 cm³/mol. The van der Waals surface area contributed by atoms with Crippen LogP contribution in [-0.2, 0) is 4.79 Å². The van der Waals surface area contributed by atoms with Crippen LogP contribution in [0.2, 0.25) is 0 Å². The van der Waals surface area contributed by atoms with Crippen LogP contribution < -0.4 is 5.32 Å². The molecule has 0 radical (unpaired) electrons. The van der Waals surface area contributed by atoms with Gasteiger partial charge >= 0.3 is 0 Å². The fourth-order valence-corrected chi connectivity index (χ4v) is 4.68. The van der Waals surface area contributed by atoms with Gasteiger partial charge in [-0.3, -0.25) is 19.3 Å². The number of benzene rings is 1. The van der Waals surface area contributed by atoms with Crippen molar-refractivity contribution in [1.82, 2.24) is 10.2 Å². The lowest BCUT2D eigenvalue weighted by atomic mass is 9.86. The molecule has 2 atom stereocenters. The van der Waals surface area contributed by atoms with Gasteiger partial charge in [0.1, 0.15) is 0 Å². The summed E-state index contributed by atoms with van der Waals surface area (Å²) in [7, 11) is 0. The number of imide groups is 1. The minimum atomic E-state index is -0.191. The third-order valence-corrected chi connectivity index (χ3v) is 6.53. The molecule has 1 aliphatic heterocycles. The van der Waals surface area contributed by atoms with Crippen LogP contribution in [0.5, 0.6) is 0 Å². The van der Waals surface area contributed by atoms with Crippen LogP contribution in [0.3, 0.4) is 0 Å². The molecule has 1 aliphatic carbocycles. The molecule has 5 nitrogen and oxygen atoms in total. The SMILES string of the molecule is C[C@H]1CCCC[C@H]1NC(=O)CSCCCCN1C(=O)c2ccccc2C1=O. The first-order valence-electron chi connectivity index (χ1n) is 9.90. The summed E-state index contributed by atoms with van der Waals surface area (Å²) in [5.41, 5.74) is 1.01. The van der Waals surface area contributed by atoms with E-state index in [-0.39, 0.29) is 17.7 Å². The van der Waals surface area contributed by atoms with Gasteiger partial charge < -0.3 is 5.32 Å². The molecule has 2 aliphatic rings. The van der Waals surface area contributed by atoms with Crippen LogP contribution in [0, 0.1) is 5.92 Å². The average Bonchev–Trinajstić information content (AvgIpc) is 2.91. The Hall–Kier alpha value is -1.82. The van der Waals surface area contributed by atoms with Crippen molar-refractivity contribution in [2.45, 2.75) is 51.5 Å². The summed E-state index contributed by atoms with van der Waals surface area (Å²) in [4.78, 5) is 38.0. The molecule has 1 saturated carbocycles. The summed E-state index contributed by atoms with van der Waals surface area (Å²) >= 11 is 1.62. The quantitative estimate of drug-likeness (QED) is 0.547. The van der Waals surface area contributed by atoms with E-state index in [1.807, 2.05) is 0 Å². The molecule has 3 amide bonds. The van der Waals surface area contributed by atoms with Gasteiger partial charge in [0.15, 0.2) is 0 Å². The van der Waals surface area contributed by atoms with Crippen molar-refractivity contribution >= 4 is 29.5 Å². The molecule has 6 heteroatoms. The highest BCUT2D eigenvalue weighted by atomic mass is 32.2. The van der Waals surface area contributed by atoms with Gasteiger partial charge in [0.25, 0.3) is 11.8 Å². The molecule has 0 aromatic heterocycles. The average molecular weight is 389 g/mol. The van der Waals surface area contributed by atoms with Crippen LogP contribution in [0.1, 0.15) is 66.2 Å². The number of hydrogen-bond donors (Lipinski definition) is 1. The van der Waals surface area contributed by atoms with Gasteiger partial charge in [-0.15, -0.1) is 0 Å². The Morgan fingerprint density at radius 3 is 2.44 bits per heavy atom. The normalized spacial score (nSPS) is 22.0. The molecule has 1 aromatic carbocycles. The zero-order valence-electron chi connectivity index (χ0n) is 15.9. The van der Waals surface area contributed by atoms with Crippen LogP contribution in [0.15, 0.2) is 24.3 Å². The maximum atomic E-state index is 12.3. The Kier molecular flexibility index (Phi) is 6.94. The van der Waals surface area contributed by atoms with Gasteiger partial charge in [0.2, 0.25) is 5.91 Å². The second kappa shape index (κ2) is 9.40. The van der Waals surface area contributed by atoms with Gasteiger partial charge in [0.05, 0.1) is 16.9 Å². The Bertz CT molecular complexity index is 671. The fraction of sp³-hybridized carbons (Fsp3) is 0.571. The number of unbranched alkanes of at least 4 members (excludes halogenated alkanes) is 1. The zero-order valence-corrected chi connectivity index (χ0v) is 16.7. The van der Waals surface area contributed by atoms with Crippen LogP contribution >= 0.6 is 11.8 Å². The highest BCUT2D eigenvalue weighted by Crippen LogP contribution is 2.24. The van der Waals surface area contributed by atoms with Crippen molar-refractivity contribution in [3.8, 4) is 0 Å². The third-order valence-electron chi connectivity index (χ3n) is 5.49. The molecule has 1 aromatic rings. The lowest BCUT2D eigenvalue weighted by Gasteiger charge is -2.29. The number of nitrogens with zero attached hydrogens (tertiary/aromatic N) is 1. The van der Waals surface area contributed by atoms with Crippen molar-refractivity contribution in [2.24, 2.45) is 5.92 Å².